The fourth-order valence-electron chi connectivity index (χ4n) is 1.49. The first-order chi connectivity index (χ1) is 8.58. The Labute approximate surface area is 102 Å². The zero-order valence-electron chi connectivity index (χ0n) is 9.34. The van der Waals surface area contributed by atoms with Crippen LogP contribution in [0, 0.1) is 5.82 Å². The molecule has 1 heterocycles. The number of carbonyl (C=O) groups excluding carboxylic acids is 1. The largest absolute Gasteiger partial charge is 0.364 e. The first-order valence-electron chi connectivity index (χ1n) is 5.17. The van der Waals surface area contributed by atoms with Crippen LogP contribution in [0.1, 0.15) is 16.1 Å². The topological polar surface area (TPSA) is 78.0 Å². The zero-order chi connectivity index (χ0) is 13.1. The summed E-state index contributed by atoms with van der Waals surface area (Å²) in [6, 6.07) is 7.16. The number of halogens is 1. The van der Waals surface area contributed by atoms with Crippen molar-refractivity contribution in [1.29, 1.82) is 0 Å². The van der Waals surface area contributed by atoms with Crippen molar-refractivity contribution in [3.8, 4) is 0 Å². The lowest BCUT2D eigenvalue weighted by molar-refractivity contribution is 0.0995. The Bertz CT molecular complexity index is 652. The molecule has 2 aromatic rings. The molecule has 0 aliphatic heterocycles. The molecule has 1 aromatic carbocycles. The van der Waals surface area contributed by atoms with Crippen molar-refractivity contribution < 1.29 is 9.18 Å². The molecule has 0 bridgehead atoms. The number of hydrogen-bond donors (Lipinski definition) is 1. The summed E-state index contributed by atoms with van der Waals surface area (Å²) in [5, 5.41) is 0. The first kappa shape index (κ1) is 12.0. The highest BCUT2D eigenvalue weighted by Gasteiger charge is 2.07. The molecule has 92 valence electrons. The number of carbonyl (C=O) groups is 1. The van der Waals surface area contributed by atoms with Gasteiger partial charge in [-0.2, -0.15) is 0 Å². The van der Waals surface area contributed by atoms with E-state index in [9.17, 15) is 14.0 Å². The fraction of sp³-hybridized carbons (Fsp3) is 0.0833. The van der Waals surface area contributed by atoms with E-state index >= 15 is 0 Å². The number of hydrogen-bond acceptors (Lipinski definition) is 3. The van der Waals surface area contributed by atoms with E-state index in [2.05, 4.69) is 4.98 Å². The van der Waals surface area contributed by atoms with E-state index in [1.54, 1.807) is 18.2 Å². The second-order valence-corrected chi connectivity index (χ2v) is 3.70. The van der Waals surface area contributed by atoms with Crippen LogP contribution in [0.4, 0.5) is 4.39 Å². The van der Waals surface area contributed by atoms with Gasteiger partial charge in [0.15, 0.2) is 0 Å². The second kappa shape index (κ2) is 4.79. The SMILES string of the molecule is NC(=O)c1cc(=O)n(Cc2ccccc2F)cn1. The molecule has 2 rings (SSSR count). The Kier molecular flexibility index (Phi) is 3.18. The Morgan fingerprint density at radius 3 is 2.72 bits per heavy atom. The summed E-state index contributed by atoms with van der Waals surface area (Å²) in [5.41, 5.74) is 4.81. The van der Waals surface area contributed by atoms with Crippen molar-refractivity contribution >= 4 is 5.91 Å². The summed E-state index contributed by atoms with van der Waals surface area (Å²) in [6.45, 7) is 0.0531. The predicted octanol–water partition coefficient (Wildman–Crippen LogP) is 0.530. The molecular weight excluding hydrogens is 237 g/mol. The Hall–Kier alpha value is -2.50. The number of rotatable bonds is 3. The number of nitrogens with zero attached hydrogens (tertiary/aromatic N) is 2. The van der Waals surface area contributed by atoms with Gasteiger partial charge in [-0.3, -0.25) is 14.2 Å². The minimum atomic E-state index is -0.773. The van der Waals surface area contributed by atoms with Gasteiger partial charge in [0.25, 0.3) is 11.5 Å². The monoisotopic (exact) mass is 247 g/mol. The van der Waals surface area contributed by atoms with Gasteiger partial charge < -0.3 is 5.73 Å². The Balaban J connectivity index is 2.34. The van der Waals surface area contributed by atoms with Crippen LogP contribution in [0.25, 0.3) is 0 Å². The van der Waals surface area contributed by atoms with Crippen LogP contribution >= 0.6 is 0 Å². The van der Waals surface area contributed by atoms with Gasteiger partial charge in [0.05, 0.1) is 12.9 Å². The molecule has 0 saturated heterocycles. The maximum Gasteiger partial charge on any atom is 0.267 e. The molecule has 0 spiro atoms. The van der Waals surface area contributed by atoms with Crippen molar-refractivity contribution in [2.75, 3.05) is 0 Å². The van der Waals surface area contributed by atoms with Gasteiger partial charge >= 0.3 is 0 Å². The minimum absolute atomic E-state index is 0.0531. The lowest BCUT2D eigenvalue weighted by atomic mass is 10.2. The highest BCUT2D eigenvalue weighted by atomic mass is 19.1. The van der Waals surface area contributed by atoms with Crippen LogP contribution in [-0.2, 0) is 6.54 Å². The third kappa shape index (κ3) is 2.42. The van der Waals surface area contributed by atoms with E-state index in [0.717, 1.165) is 6.07 Å². The average Bonchev–Trinajstić information content (AvgIpc) is 2.34. The fourth-order valence-corrected chi connectivity index (χ4v) is 1.49. The van der Waals surface area contributed by atoms with Crippen molar-refractivity contribution in [3.63, 3.8) is 0 Å². The summed E-state index contributed by atoms with van der Waals surface area (Å²) in [7, 11) is 0. The van der Waals surface area contributed by atoms with E-state index < -0.39 is 17.3 Å². The highest BCUT2D eigenvalue weighted by Crippen LogP contribution is 2.07. The summed E-state index contributed by atoms with van der Waals surface area (Å²) < 4.78 is 14.6. The normalized spacial score (nSPS) is 10.3. The number of amides is 1. The summed E-state index contributed by atoms with van der Waals surface area (Å²) in [5.74, 6) is -1.17. The van der Waals surface area contributed by atoms with Crippen LogP contribution in [0.2, 0.25) is 0 Å². The highest BCUT2D eigenvalue weighted by molar-refractivity contribution is 5.90. The Morgan fingerprint density at radius 2 is 2.11 bits per heavy atom. The number of aromatic nitrogens is 2. The standard InChI is InChI=1S/C12H10FN3O2/c13-9-4-2-1-3-8(9)6-16-7-15-10(12(14)18)5-11(16)17/h1-5,7H,6H2,(H2,14,18). The first-order valence-corrected chi connectivity index (χ1v) is 5.17. The lowest BCUT2D eigenvalue weighted by Crippen LogP contribution is -2.24. The van der Waals surface area contributed by atoms with Crippen LogP contribution in [0.5, 0.6) is 0 Å². The molecular formula is C12H10FN3O2. The molecule has 0 radical (unpaired) electrons. The molecule has 0 atom stereocenters. The van der Waals surface area contributed by atoms with Gasteiger partial charge in [-0.25, -0.2) is 9.37 Å². The van der Waals surface area contributed by atoms with Crippen molar-refractivity contribution in [1.82, 2.24) is 9.55 Å². The van der Waals surface area contributed by atoms with Crippen LogP contribution in [0.3, 0.4) is 0 Å². The molecule has 1 amide bonds. The summed E-state index contributed by atoms with van der Waals surface area (Å²) in [6.07, 6.45) is 1.18. The smallest absolute Gasteiger partial charge is 0.267 e. The average molecular weight is 247 g/mol. The molecule has 18 heavy (non-hydrogen) atoms. The molecule has 0 fully saturated rings. The van der Waals surface area contributed by atoms with Gasteiger partial charge in [-0.15, -0.1) is 0 Å². The van der Waals surface area contributed by atoms with Crippen molar-refractivity contribution in [2.24, 2.45) is 5.73 Å². The molecule has 0 aliphatic carbocycles. The van der Waals surface area contributed by atoms with Crippen molar-refractivity contribution in [3.05, 3.63) is 64.1 Å². The number of benzene rings is 1. The lowest BCUT2D eigenvalue weighted by Gasteiger charge is -2.06. The molecule has 0 aliphatic rings. The van der Waals surface area contributed by atoms with Crippen molar-refractivity contribution in [2.45, 2.75) is 6.54 Å². The molecule has 6 heteroatoms. The quantitative estimate of drug-likeness (QED) is 0.859. The molecule has 5 nitrogen and oxygen atoms in total. The third-order valence-electron chi connectivity index (χ3n) is 2.43. The van der Waals surface area contributed by atoms with E-state index in [1.165, 1.54) is 17.0 Å². The maximum atomic E-state index is 13.4. The van der Waals surface area contributed by atoms with E-state index in [0.29, 0.717) is 5.56 Å². The van der Waals surface area contributed by atoms with Gasteiger partial charge in [0, 0.05) is 11.6 Å². The number of nitrogens with two attached hydrogens (primary N) is 1. The zero-order valence-corrected chi connectivity index (χ0v) is 9.34. The maximum absolute atomic E-state index is 13.4. The van der Waals surface area contributed by atoms with E-state index in [4.69, 9.17) is 5.73 Å². The van der Waals surface area contributed by atoms with Gasteiger partial charge in [0.1, 0.15) is 11.5 Å². The minimum Gasteiger partial charge on any atom is -0.364 e. The molecule has 0 saturated carbocycles. The van der Waals surface area contributed by atoms with Gasteiger partial charge in [-0.05, 0) is 6.07 Å². The number of primary amides is 1. The molecule has 2 N–H and O–H groups in total. The predicted molar refractivity (Wildman–Crippen MR) is 62.5 cm³/mol. The van der Waals surface area contributed by atoms with E-state index in [1.807, 2.05) is 0 Å². The van der Waals surface area contributed by atoms with Crippen LogP contribution in [0.15, 0.2) is 41.5 Å². The van der Waals surface area contributed by atoms with Gasteiger partial charge in [-0.1, -0.05) is 18.2 Å². The second-order valence-electron chi connectivity index (χ2n) is 3.70. The van der Waals surface area contributed by atoms with Crippen LogP contribution in [-0.4, -0.2) is 15.5 Å². The van der Waals surface area contributed by atoms with Crippen LogP contribution < -0.4 is 11.3 Å². The third-order valence-corrected chi connectivity index (χ3v) is 2.43. The Morgan fingerprint density at radius 1 is 1.39 bits per heavy atom. The van der Waals surface area contributed by atoms with E-state index in [-0.39, 0.29) is 12.2 Å². The summed E-state index contributed by atoms with van der Waals surface area (Å²) in [4.78, 5) is 26.2. The molecule has 1 aromatic heterocycles. The molecule has 0 unspecified atom stereocenters. The van der Waals surface area contributed by atoms with Gasteiger partial charge in [0.2, 0.25) is 0 Å². The summed E-state index contributed by atoms with van der Waals surface area (Å²) >= 11 is 0.